The van der Waals surface area contributed by atoms with Crippen LogP contribution in [0, 0.1) is 21.4 Å². The van der Waals surface area contributed by atoms with Crippen LogP contribution in [-0.2, 0) is 0 Å². The van der Waals surface area contributed by atoms with E-state index in [2.05, 4.69) is 0 Å². The Balaban J connectivity index is 3.09. The standard InChI is InChI=1S/C11H13N3O3/c1-8(15)7-13(2)11-4-3-10(14(16)17)5-9(11)6-12/h3-5,8,15H,7H2,1-2H3. The molecule has 0 aromatic heterocycles. The molecule has 0 heterocycles. The number of nitro groups is 1. The Morgan fingerprint density at radius 3 is 2.76 bits per heavy atom. The summed E-state index contributed by atoms with van der Waals surface area (Å²) >= 11 is 0. The number of aliphatic hydroxyl groups excluding tert-OH is 1. The highest BCUT2D eigenvalue weighted by Gasteiger charge is 2.14. The van der Waals surface area contributed by atoms with Crippen molar-refractivity contribution in [1.29, 1.82) is 5.26 Å². The molecule has 6 nitrogen and oxygen atoms in total. The number of hydrogen-bond donors (Lipinski definition) is 1. The number of non-ortho nitro benzene ring substituents is 1. The lowest BCUT2D eigenvalue weighted by molar-refractivity contribution is -0.384. The average Bonchev–Trinajstić information content (AvgIpc) is 2.27. The smallest absolute Gasteiger partial charge is 0.270 e. The number of hydrogen-bond acceptors (Lipinski definition) is 5. The average molecular weight is 235 g/mol. The Labute approximate surface area is 98.9 Å². The van der Waals surface area contributed by atoms with Crippen LogP contribution < -0.4 is 4.90 Å². The molecule has 1 atom stereocenters. The lowest BCUT2D eigenvalue weighted by Gasteiger charge is -2.21. The second-order valence-electron chi connectivity index (χ2n) is 3.80. The Kier molecular flexibility index (Phi) is 4.01. The number of likely N-dealkylation sites (N-methyl/N-ethyl adjacent to an activating group) is 1. The third kappa shape index (κ3) is 3.16. The van der Waals surface area contributed by atoms with E-state index in [9.17, 15) is 15.2 Å². The minimum atomic E-state index is -0.542. The van der Waals surface area contributed by atoms with Crippen molar-refractivity contribution in [2.24, 2.45) is 0 Å². The Bertz CT molecular complexity index is 466. The van der Waals surface area contributed by atoms with Crippen molar-refractivity contribution in [3.8, 4) is 6.07 Å². The van der Waals surface area contributed by atoms with E-state index in [4.69, 9.17) is 5.26 Å². The summed E-state index contributed by atoms with van der Waals surface area (Å²) in [6, 6.07) is 6.00. The topological polar surface area (TPSA) is 90.4 Å². The SMILES string of the molecule is CC(O)CN(C)c1ccc([N+](=O)[O-])cc1C#N. The Morgan fingerprint density at radius 1 is 1.65 bits per heavy atom. The normalized spacial score (nSPS) is 11.6. The molecule has 90 valence electrons. The molecule has 0 amide bonds. The van der Waals surface area contributed by atoms with Crippen LogP contribution in [0.3, 0.4) is 0 Å². The Hall–Kier alpha value is -2.13. The first-order valence-electron chi connectivity index (χ1n) is 5.03. The van der Waals surface area contributed by atoms with Crippen molar-refractivity contribution >= 4 is 11.4 Å². The molecule has 0 radical (unpaired) electrons. The van der Waals surface area contributed by atoms with Crippen molar-refractivity contribution in [2.75, 3.05) is 18.5 Å². The lowest BCUT2D eigenvalue weighted by Crippen LogP contribution is -2.27. The van der Waals surface area contributed by atoms with Crippen LogP contribution >= 0.6 is 0 Å². The summed E-state index contributed by atoms with van der Waals surface area (Å²) < 4.78 is 0. The van der Waals surface area contributed by atoms with Crippen LogP contribution in [0.4, 0.5) is 11.4 Å². The van der Waals surface area contributed by atoms with Crippen molar-refractivity contribution in [3.05, 3.63) is 33.9 Å². The summed E-state index contributed by atoms with van der Waals surface area (Å²) in [6.45, 7) is 1.99. The number of aliphatic hydroxyl groups is 1. The van der Waals surface area contributed by atoms with E-state index >= 15 is 0 Å². The predicted octanol–water partition coefficient (Wildman–Crippen LogP) is 1.28. The molecule has 1 rings (SSSR count). The van der Waals surface area contributed by atoms with Gasteiger partial charge in [0.25, 0.3) is 5.69 Å². The number of rotatable bonds is 4. The van der Waals surface area contributed by atoms with Gasteiger partial charge in [-0.05, 0) is 13.0 Å². The fraction of sp³-hybridized carbons (Fsp3) is 0.364. The highest BCUT2D eigenvalue weighted by Crippen LogP contribution is 2.24. The van der Waals surface area contributed by atoms with E-state index in [0.29, 0.717) is 12.2 Å². The molecule has 0 aliphatic carbocycles. The van der Waals surface area contributed by atoms with Gasteiger partial charge in [0.05, 0.1) is 22.3 Å². The van der Waals surface area contributed by atoms with Gasteiger partial charge in [-0.2, -0.15) is 5.26 Å². The van der Waals surface area contributed by atoms with Gasteiger partial charge >= 0.3 is 0 Å². The fourth-order valence-corrected chi connectivity index (χ4v) is 1.55. The Morgan fingerprint density at radius 2 is 2.29 bits per heavy atom. The van der Waals surface area contributed by atoms with Gasteiger partial charge in [0.2, 0.25) is 0 Å². The van der Waals surface area contributed by atoms with Crippen LogP contribution in [-0.4, -0.2) is 29.7 Å². The van der Waals surface area contributed by atoms with Crippen LogP contribution in [0.5, 0.6) is 0 Å². The van der Waals surface area contributed by atoms with Gasteiger partial charge in [-0.15, -0.1) is 0 Å². The summed E-state index contributed by atoms with van der Waals surface area (Å²) in [5.74, 6) is 0. The van der Waals surface area contributed by atoms with Crippen molar-refractivity contribution < 1.29 is 10.0 Å². The van der Waals surface area contributed by atoms with Gasteiger partial charge in [-0.3, -0.25) is 10.1 Å². The largest absolute Gasteiger partial charge is 0.392 e. The van der Waals surface area contributed by atoms with Crippen LogP contribution in [0.2, 0.25) is 0 Å². The molecule has 0 aliphatic heterocycles. The first-order chi connectivity index (χ1) is 7.95. The van der Waals surface area contributed by atoms with E-state index in [1.54, 1.807) is 18.9 Å². The lowest BCUT2D eigenvalue weighted by atomic mass is 10.1. The minimum absolute atomic E-state index is 0.115. The second kappa shape index (κ2) is 5.27. The van der Waals surface area contributed by atoms with Crippen LogP contribution in [0.1, 0.15) is 12.5 Å². The minimum Gasteiger partial charge on any atom is -0.392 e. The number of benzene rings is 1. The quantitative estimate of drug-likeness (QED) is 0.627. The molecule has 1 aromatic rings. The number of nitrogens with zero attached hydrogens (tertiary/aromatic N) is 3. The molecule has 0 aliphatic rings. The molecule has 0 bridgehead atoms. The van der Waals surface area contributed by atoms with Gasteiger partial charge < -0.3 is 10.0 Å². The summed E-state index contributed by atoms with van der Waals surface area (Å²) in [7, 11) is 1.72. The highest BCUT2D eigenvalue weighted by molar-refractivity contribution is 5.62. The summed E-state index contributed by atoms with van der Waals surface area (Å²) in [5, 5.41) is 28.8. The van der Waals surface area contributed by atoms with E-state index in [-0.39, 0.29) is 11.3 Å². The maximum atomic E-state index is 10.6. The molecule has 0 spiro atoms. The van der Waals surface area contributed by atoms with Gasteiger partial charge in [0, 0.05) is 25.7 Å². The van der Waals surface area contributed by atoms with Gasteiger partial charge in [0.15, 0.2) is 0 Å². The first kappa shape index (κ1) is 12.9. The zero-order chi connectivity index (χ0) is 13.0. The maximum absolute atomic E-state index is 10.6. The maximum Gasteiger partial charge on any atom is 0.270 e. The van der Waals surface area contributed by atoms with Gasteiger partial charge in [-0.1, -0.05) is 0 Å². The van der Waals surface area contributed by atoms with Crippen LogP contribution in [0.15, 0.2) is 18.2 Å². The zero-order valence-corrected chi connectivity index (χ0v) is 9.62. The van der Waals surface area contributed by atoms with Crippen molar-refractivity contribution in [2.45, 2.75) is 13.0 Å². The third-order valence-electron chi connectivity index (χ3n) is 2.26. The molecular formula is C11H13N3O3. The van der Waals surface area contributed by atoms with Crippen LogP contribution in [0.25, 0.3) is 0 Å². The zero-order valence-electron chi connectivity index (χ0n) is 9.62. The number of anilines is 1. The monoisotopic (exact) mass is 235 g/mol. The van der Waals surface area contributed by atoms with Gasteiger partial charge in [0.1, 0.15) is 6.07 Å². The first-order valence-corrected chi connectivity index (χ1v) is 5.03. The van der Waals surface area contributed by atoms with E-state index in [1.807, 2.05) is 6.07 Å². The summed E-state index contributed by atoms with van der Waals surface area (Å²) in [4.78, 5) is 11.7. The van der Waals surface area contributed by atoms with Crippen molar-refractivity contribution in [3.63, 3.8) is 0 Å². The van der Waals surface area contributed by atoms with E-state index in [1.165, 1.54) is 18.2 Å². The van der Waals surface area contributed by atoms with E-state index < -0.39 is 11.0 Å². The molecule has 0 fully saturated rings. The molecule has 6 heteroatoms. The number of nitriles is 1. The molecule has 1 aromatic carbocycles. The summed E-state index contributed by atoms with van der Waals surface area (Å²) in [5.41, 5.74) is 0.678. The number of nitro benzene ring substituents is 1. The van der Waals surface area contributed by atoms with Gasteiger partial charge in [-0.25, -0.2) is 0 Å². The fourth-order valence-electron chi connectivity index (χ4n) is 1.55. The summed E-state index contributed by atoms with van der Waals surface area (Å²) in [6.07, 6.45) is -0.540. The van der Waals surface area contributed by atoms with Crippen molar-refractivity contribution in [1.82, 2.24) is 0 Å². The highest BCUT2D eigenvalue weighted by atomic mass is 16.6. The molecular weight excluding hydrogens is 222 g/mol. The molecule has 0 saturated carbocycles. The predicted molar refractivity (Wildman–Crippen MR) is 62.8 cm³/mol. The second-order valence-corrected chi connectivity index (χ2v) is 3.80. The molecule has 0 saturated heterocycles. The molecule has 1 unspecified atom stereocenters. The van der Waals surface area contributed by atoms with E-state index in [0.717, 1.165) is 0 Å². The third-order valence-corrected chi connectivity index (χ3v) is 2.26. The molecule has 17 heavy (non-hydrogen) atoms. The molecule has 1 N–H and O–H groups in total.